The topological polar surface area (TPSA) is 25.8 Å². The lowest BCUT2D eigenvalue weighted by Crippen LogP contribution is -1.73. The summed E-state index contributed by atoms with van der Waals surface area (Å²) in [5.41, 5.74) is 1.76. The van der Waals surface area contributed by atoms with Gasteiger partial charge in [-0.3, -0.25) is 0 Å². The Kier molecular flexibility index (Phi) is 3.37. The van der Waals surface area contributed by atoms with Crippen LogP contribution in [0.4, 0.5) is 0 Å². The van der Waals surface area contributed by atoms with Gasteiger partial charge in [0, 0.05) is 10.6 Å². The van der Waals surface area contributed by atoms with Crippen molar-refractivity contribution in [1.29, 1.82) is 0 Å². The Balaban J connectivity index is 1.93. The summed E-state index contributed by atoms with van der Waals surface area (Å²) in [5.74, 6) is 0.978. The van der Waals surface area contributed by atoms with Gasteiger partial charge in [0.1, 0.15) is 5.51 Å². The highest BCUT2D eigenvalue weighted by Gasteiger charge is 2.01. The van der Waals surface area contributed by atoms with Crippen molar-refractivity contribution in [3.05, 3.63) is 26.3 Å². The fourth-order valence-corrected chi connectivity index (χ4v) is 3.80. The molecule has 0 radical (unpaired) electrons. The first-order valence-corrected chi connectivity index (χ1v) is 6.95. The minimum Gasteiger partial charge on any atom is -0.146 e. The normalized spacial score (nSPS) is 10.5. The van der Waals surface area contributed by atoms with Crippen LogP contribution in [0.1, 0.15) is 4.88 Å². The number of thioether (sulfide) groups is 1. The summed E-state index contributed by atoms with van der Waals surface area (Å²) in [6.45, 7) is 0. The predicted octanol–water partition coefficient (Wildman–Crippen LogP) is 3.65. The van der Waals surface area contributed by atoms with E-state index >= 15 is 0 Å². The van der Waals surface area contributed by atoms with E-state index in [4.69, 9.17) is 0 Å². The first-order chi connectivity index (χ1) is 6.34. The molecule has 0 amide bonds. The zero-order valence-electron chi connectivity index (χ0n) is 6.44. The maximum atomic E-state index is 3.96. The van der Waals surface area contributed by atoms with Gasteiger partial charge < -0.3 is 0 Å². The highest BCUT2D eigenvalue weighted by atomic mass is 79.9. The molecule has 0 spiro atoms. The van der Waals surface area contributed by atoms with E-state index in [2.05, 4.69) is 38.3 Å². The van der Waals surface area contributed by atoms with Gasteiger partial charge in [0.2, 0.25) is 0 Å². The number of hydrogen-bond acceptors (Lipinski definition) is 5. The largest absolute Gasteiger partial charge is 0.174 e. The zero-order valence-corrected chi connectivity index (χ0v) is 10.5. The Labute approximate surface area is 96.5 Å². The fraction of sp³-hybridized carbons (Fsp3) is 0.143. The predicted molar refractivity (Wildman–Crippen MR) is 61.5 cm³/mol. The van der Waals surface area contributed by atoms with Crippen LogP contribution in [0.15, 0.2) is 25.8 Å². The number of hydrogen-bond donors (Lipinski definition) is 0. The first-order valence-electron chi connectivity index (χ1n) is 3.48. The maximum Gasteiger partial charge on any atom is 0.174 e. The second-order valence-corrected chi connectivity index (χ2v) is 6.80. The van der Waals surface area contributed by atoms with E-state index in [-0.39, 0.29) is 0 Å². The molecule has 2 aromatic heterocycles. The number of aromatic nitrogens is 2. The monoisotopic (exact) mass is 292 g/mol. The van der Waals surface area contributed by atoms with Gasteiger partial charge in [0.05, 0.1) is 3.79 Å². The van der Waals surface area contributed by atoms with Crippen LogP contribution in [0.2, 0.25) is 0 Å². The molecule has 13 heavy (non-hydrogen) atoms. The van der Waals surface area contributed by atoms with Crippen LogP contribution in [0.25, 0.3) is 0 Å². The summed E-state index contributed by atoms with van der Waals surface area (Å²) in [4.78, 5) is 1.35. The molecule has 0 aliphatic heterocycles. The Morgan fingerprint density at radius 3 is 3.00 bits per heavy atom. The molecule has 0 aromatic carbocycles. The summed E-state index contributed by atoms with van der Waals surface area (Å²) < 4.78 is 2.21. The van der Waals surface area contributed by atoms with Gasteiger partial charge in [-0.25, -0.2) is 0 Å². The number of nitrogens with zero attached hydrogens (tertiary/aromatic N) is 2. The van der Waals surface area contributed by atoms with Gasteiger partial charge >= 0.3 is 0 Å². The molecule has 2 aromatic rings. The van der Waals surface area contributed by atoms with E-state index in [9.17, 15) is 0 Å². The van der Waals surface area contributed by atoms with Gasteiger partial charge in [-0.05, 0) is 28.1 Å². The second-order valence-electron chi connectivity index (χ2n) is 2.20. The molecule has 0 bridgehead atoms. The quantitative estimate of drug-likeness (QED) is 0.808. The van der Waals surface area contributed by atoms with Crippen molar-refractivity contribution in [2.75, 3.05) is 0 Å². The molecule has 2 rings (SSSR count). The number of thiophene rings is 1. The molecule has 0 atom stereocenters. The second kappa shape index (κ2) is 4.54. The lowest BCUT2D eigenvalue weighted by molar-refractivity contribution is 1.01. The third-order valence-corrected chi connectivity index (χ3v) is 5.02. The van der Waals surface area contributed by atoms with Gasteiger partial charge in [0.25, 0.3) is 0 Å². The molecule has 0 aliphatic carbocycles. The molecular formula is C7H5BrN2S3. The Bertz CT molecular complexity index is 371. The summed E-state index contributed by atoms with van der Waals surface area (Å²) >= 11 is 8.51. The van der Waals surface area contributed by atoms with Crippen molar-refractivity contribution in [3.63, 3.8) is 0 Å². The first kappa shape index (κ1) is 9.64. The maximum absolute atomic E-state index is 3.96. The Morgan fingerprint density at radius 1 is 1.46 bits per heavy atom. The van der Waals surface area contributed by atoms with Gasteiger partial charge in [0.15, 0.2) is 4.34 Å². The fourth-order valence-electron chi connectivity index (χ4n) is 0.788. The molecule has 0 unspecified atom stereocenters. The van der Waals surface area contributed by atoms with Crippen molar-refractivity contribution in [2.24, 2.45) is 0 Å². The van der Waals surface area contributed by atoms with E-state index in [1.54, 1.807) is 39.9 Å². The number of halogens is 1. The molecule has 0 aliphatic rings. The van der Waals surface area contributed by atoms with Crippen LogP contribution in [-0.4, -0.2) is 10.2 Å². The summed E-state index contributed by atoms with van der Waals surface area (Å²) in [7, 11) is 0. The van der Waals surface area contributed by atoms with E-state index in [1.807, 2.05) is 0 Å². The van der Waals surface area contributed by atoms with Crippen molar-refractivity contribution in [1.82, 2.24) is 10.2 Å². The molecular weight excluding hydrogens is 288 g/mol. The van der Waals surface area contributed by atoms with E-state index in [0.29, 0.717) is 0 Å². The van der Waals surface area contributed by atoms with Gasteiger partial charge in [-0.2, -0.15) is 0 Å². The Hall–Kier alpha value is 0.0900. The van der Waals surface area contributed by atoms with E-state index < -0.39 is 0 Å². The molecule has 68 valence electrons. The van der Waals surface area contributed by atoms with Crippen molar-refractivity contribution < 1.29 is 0 Å². The van der Waals surface area contributed by atoms with Crippen LogP contribution in [-0.2, 0) is 5.75 Å². The smallest absolute Gasteiger partial charge is 0.146 e. The highest BCUT2D eigenvalue weighted by Crippen LogP contribution is 2.29. The lowest BCUT2D eigenvalue weighted by atomic mass is 10.5. The molecule has 0 saturated carbocycles. The van der Waals surface area contributed by atoms with Gasteiger partial charge in [-0.15, -0.1) is 21.5 Å². The van der Waals surface area contributed by atoms with Crippen molar-refractivity contribution in [2.45, 2.75) is 10.1 Å². The van der Waals surface area contributed by atoms with Crippen LogP contribution in [0.5, 0.6) is 0 Å². The minimum absolute atomic E-state index is 0.978. The summed E-state index contributed by atoms with van der Waals surface area (Å²) in [5, 5.41) is 7.74. The highest BCUT2D eigenvalue weighted by molar-refractivity contribution is 9.11. The minimum atomic E-state index is 0.978. The average Bonchev–Trinajstić information content (AvgIpc) is 2.71. The summed E-state index contributed by atoms with van der Waals surface area (Å²) in [6, 6.07) is 4.20. The molecule has 2 nitrogen and oxygen atoms in total. The molecule has 2 heterocycles. The third kappa shape index (κ3) is 2.77. The molecule has 0 saturated heterocycles. The lowest BCUT2D eigenvalue weighted by Gasteiger charge is -1.91. The molecule has 6 heteroatoms. The number of rotatable bonds is 3. The summed E-state index contributed by atoms with van der Waals surface area (Å²) in [6.07, 6.45) is 0. The van der Waals surface area contributed by atoms with Crippen LogP contribution in [0, 0.1) is 0 Å². The standard InChI is InChI=1S/C7H5BrN2S3/c8-6-2-1-5(13-6)3-11-7-10-9-4-12-7/h1-2,4H,3H2. The SMILES string of the molecule is Brc1ccc(CSc2nncs2)s1. The van der Waals surface area contributed by atoms with Crippen LogP contribution in [0.3, 0.4) is 0 Å². The zero-order chi connectivity index (χ0) is 9.10. The molecule has 0 fully saturated rings. The molecule has 0 N–H and O–H groups in total. The van der Waals surface area contributed by atoms with E-state index in [1.165, 1.54) is 8.66 Å². The van der Waals surface area contributed by atoms with Crippen molar-refractivity contribution >= 4 is 50.4 Å². The van der Waals surface area contributed by atoms with Crippen LogP contribution < -0.4 is 0 Å². The Morgan fingerprint density at radius 2 is 2.38 bits per heavy atom. The third-order valence-electron chi connectivity index (χ3n) is 1.31. The van der Waals surface area contributed by atoms with Gasteiger partial charge in [-0.1, -0.05) is 23.1 Å². The van der Waals surface area contributed by atoms with Crippen LogP contribution >= 0.6 is 50.4 Å². The van der Waals surface area contributed by atoms with Crippen molar-refractivity contribution in [3.8, 4) is 0 Å². The van der Waals surface area contributed by atoms with E-state index in [0.717, 1.165) is 10.1 Å². The average molecular weight is 293 g/mol.